The number of epoxide rings is 1. The summed E-state index contributed by atoms with van der Waals surface area (Å²) in [6.45, 7) is 0.806. The Bertz CT molecular complexity index is 1090. The topological polar surface area (TPSA) is 37.8 Å². The van der Waals surface area contributed by atoms with Gasteiger partial charge in [-0.25, -0.2) is 9.98 Å². The maximum atomic E-state index is 6.15. The van der Waals surface area contributed by atoms with E-state index in [0.717, 1.165) is 54.3 Å². The summed E-state index contributed by atoms with van der Waals surface area (Å²) < 4.78 is 5.95. The summed E-state index contributed by atoms with van der Waals surface area (Å²) >= 11 is 6.15. The Balaban J connectivity index is 1.20. The van der Waals surface area contributed by atoms with E-state index in [0.29, 0.717) is 0 Å². The van der Waals surface area contributed by atoms with Gasteiger partial charge in [0.05, 0.1) is 12.3 Å². The van der Waals surface area contributed by atoms with Crippen molar-refractivity contribution >= 4 is 23.1 Å². The number of aryl methyl sites for hydroxylation is 2. The molecule has 0 N–H and O–H groups in total. The number of ether oxygens (including phenoxy) is 1. The van der Waals surface area contributed by atoms with Crippen LogP contribution in [0.4, 0.5) is 5.82 Å². The number of rotatable bonds is 8. The molecule has 3 aromatic rings. The minimum Gasteiger partial charge on any atom is -0.363 e. The van der Waals surface area contributed by atoms with Gasteiger partial charge in [0, 0.05) is 16.8 Å². The van der Waals surface area contributed by atoms with Crippen LogP contribution >= 0.6 is 11.6 Å². The molecule has 1 aromatic heterocycles. The van der Waals surface area contributed by atoms with Crippen LogP contribution < -0.4 is 0 Å². The van der Waals surface area contributed by atoms with E-state index in [2.05, 4.69) is 47.4 Å². The summed E-state index contributed by atoms with van der Waals surface area (Å²) in [6.07, 6.45) is 9.68. The Morgan fingerprint density at radius 1 is 0.903 bits per heavy atom. The Kier molecular flexibility index (Phi) is 5.89. The van der Waals surface area contributed by atoms with Crippen molar-refractivity contribution in [2.45, 2.75) is 50.5 Å². The lowest BCUT2D eigenvalue weighted by atomic mass is 9.90. The zero-order chi connectivity index (χ0) is 21.1. The van der Waals surface area contributed by atoms with Crippen molar-refractivity contribution < 1.29 is 4.74 Å². The highest BCUT2D eigenvalue weighted by Gasteiger charge is 2.49. The van der Waals surface area contributed by atoms with E-state index in [-0.39, 0.29) is 5.60 Å². The van der Waals surface area contributed by atoms with E-state index < -0.39 is 0 Å². The minimum atomic E-state index is -0.127. The summed E-state index contributed by atoms with van der Waals surface area (Å²) in [5.74, 6) is 0.853. The van der Waals surface area contributed by atoms with Gasteiger partial charge in [-0.15, -0.1) is 0 Å². The number of hydrogen-bond acceptors (Lipinski definition) is 3. The third-order valence-electron chi connectivity index (χ3n) is 6.38. The van der Waals surface area contributed by atoms with Crippen LogP contribution in [0.2, 0.25) is 5.02 Å². The van der Waals surface area contributed by atoms with Crippen LogP contribution in [-0.4, -0.2) is 22.9 Å². The molecule has 0 spiro atoms. The average Bonchev–Trinajstić information content (AvgIpc) is 3.60. The van der Waals surface area contributed by atoms with Crippen molar-refractivity contribution in [2.75, 3.05) is 6.61 Å². The number of aliphatic imine (C=N–C) groups is 1. The molecule has 5 rings (SSSR count). The number of hydrogen-bond donors (Lipinski definition) is 0. The van der Waals surface area contributed by atoms with E-state index in [9.17, 15) is 0 Å². The quantitative estimate of drug-likeness (QED) is 0.285. The van der Waals surface area contributed by atoms with Gasteiger partial charge in [0.25, 0.3) is 0 Å². The predicted octanol–water partition coefficient (Wildman–Crippen LogP) is 6.99. The van der Waals surface area contributed by atoms with E-state index in [1.165, 1.54) is 36.1 Å². The first-order valence-corrected chi connectivity index (χ1v) is 11.6. The maximum absolute atomic E-state index is 6.15. The molecule has 1 fully saturated rings. The Labute approximate surface area is 189 Å². The molecule has 3 nitrogen and oxygen atoms in total. The first kappa shape index (κ1) is 20.4. The van der Waals surface area contributed by atoms with Gasteiger partial charge in [-0.2, -0.15) is 0 Å². The van der Waals surface area contributed by atoms with E-state index in [1.54, 1.807) is 0 Å². The van der Waals surface area contributed by atoms with Crippen molar-refractivity contribution in [3.63, 3.8) is 0 Å². The highest BCUT2D eigenvalue weighted by molar-refractivity contribution is 6.30. The first-order valence-electron chi connectivity index (χ1n) is 11.2. The highest BCUT2D eigenvalue weighted by Crippen LogP contribution is 2.40. The molecule has 0 bridgehead atoms. The van der Waals surface area contributed by atoms with Crippen molar-refractivity contribution in [2.24, 2.45) is 4.99 Å². The van der Waals surface area contributed by atoms with Gasteiger partial charge in [-0.05, 0) is 67.0 Å². The molecule has 1 atom stereocenters. The molecule has 1 saturated heterocycles. The first-order chi connectivity index (χ1) is 15.2. The molecule has 31 heavy (non-hydrogen) atoms. The lowest BCUT2D eigenvalue weighted by Gasteiger charge is -2.20. The Morgan fingerprint density at radius 2 is 1.77 bits per heavy atom. The molecule has 158 valence electrons. The van der Waals surface area contributed by atoms with E-state index in [4.69, 9.17) is 21.3 Å². The fourth-order valence-electron chi connectivity index (χ4n) is 4.48. The zero-order valence-electron chi connectivity index (χ0n) is 17.7. The summed E-state index contributed by atoms with van der Waals surface area (Å²) in [4.78, 5) is 9.61. The Morgan fingerprint density at radius 3 is 2.58 bits per heavy atom. The predicted molar refractivity (Wildman–Crippen MR) is 127 cm³/mol. The monoisotopic (exact) mass is 430 g/mol. The third kappa shape index (κ3) is 4.73. The second-order valence-corrected chi connectivity index (χ2v) is 9.04. The number of benzene rings is 2. The molecule has 0 radical (unpaired) electrons. The smallest absolute Gasteiger partial charge is 0.155 e. The van der Waals surface area contributed by atoms with Gasteiger partial charge in [0.15, 0.2) is 5.82 Å². The summed E-state index contributed by atoms with van der Waals surface area (Å²) in [5.41, 5.74) is 5.88. The van der Waals surface area contributed by atoms with Gasteiger partial charge in [-0.1, -0.05) is 66.9 Å². The molecule has 3 heterocycles. The van der Waals surface area contributed by atoms with Crippen molar-refractivity contribution in [1.82, 2.24) is 4.98 Å². The molecular formula is C27H27ClN2O. The molecule has 4 heteroatoms. The van der Waals surface area contributed by atoms with Crippen LogP contribution in [0.3, 0.4) is 0 Å². The number of aromatic nitrogens is 1. The van der Waals surface area contributed by atoms with Crippen molar-refractivity contribution in [1.29, 1.82) is 0 Å². The normalized spacial score (nSPS) is 19.6. The summed E-state index contributed by atoms with van der Waals surface area (Å²) in [7, 11) is 0. The van der Waals surface area contributed by atoms with Gasteiger partial charge in [-0.3, -0.25) is 0 Å². The second-order valence-electron chi connectivity index (χ2n) is 8.60. The number of nitrogens with zero attached hydrogens (tertiary/aromatic N) is 2. The highest BCUT2D eigenvalue weighted by atomic mass is 35.5. The van der Waals surface area contributed by atoms with E-state index >= 15 is 0 Å². The van der Waals surface area contributed by atoms with Crippen LogP contribution in [0.1, 0.15) is 43.2 Å². The fourth-order valence-corrected chi connectivity index (χ4v) is 4.67. The summed E-state index contributed by atoms with van der Waals surface area (Å²) in [6, 6.07) is 20.9. The SMILES string of the molecule is Clc1cccc(-c2cnc3c(c2)CCC(C2(CCCCCc4ccccc4)CO2)=N3)c1. The summed E-state index contributed by atoms with van der Waals surface area (Å²) in [5, 5.41) is 0.743. The molecule has 0 saturated carbocycles. The third-order valence-corrected chi connectivity index (χ3v) is 6.62. The number of fused-ring (bicyclic) bond motifs is 1. The number of halogens is 1. The van der Waals surface area contributed by atoms with Crippen LogP contribution in [0, 0.1) is 0 Å². The lowest BCUT2D eigenvalue weighted by Crippen LogP contribution is -2.27. The minimum absolute atomic E-state index is 0.127. The largest absolute Gasteiger partial charge is 0.363 e. The van der Waals surface area contributed by atoms with Crippen LogP contribution in [0.25, 0.3) is 11.1 Å². The lowest BCUT2D eigenvalue weighted by molar-refractivity contribution is 0.342. The zero-order valence-corrected chi connectivity index (χ0v) is 18.4. The molecule has 1 unspecified atom stereocenters. The van der Waals surface area contributed by atoms with Crippen LogP contribution in [0.15, 0.2) is 71.9 Å². The average molecular weight is 431 g/mol. The molecular weight excluding hydrogens is 404 g/mol. The molecule has 2 aliphatic rings. The van der Waals surface area contributed by atoms with Crippen LogP contribution in [-0.2, 0) is 17.6 Å². The van der Waals surface area contributed by atoms with Crippen molar-refractivity contribution in [3.8, 4) is 11.1 Å². The maximum Gasteiger partial charge on any atom is 0.155 e. The Hall–Kier alpha value is -2.49. The van der Waals surface area contributed by atoms with E-state index in [1.807, 2.05) is 24.4 Å². The van der Waals surface area contributed by atoms with Gasteiger partial charge in [0.2, 0.25) is 0 Å². The number of unbranched alkanes of at least 4 members (excludes halogenated alkanes) is 2. The van der Waals surface area contributed by atoms with Crippen molar-refractivity contribution in [3.05, 3.63) is 83.0 Å². The standard InChI is InChI=1S/C27H27ClN2O/c28-24-12-7-11-21(17-24)23-16-22-13-14-25(30-26(22)29-18-23)27(19-31-27)15-6-2-5-10-20-8-3-1-4-9-20/h1,3-4,7-9,11-12,16-18H,2,5-6,10,13-15,19H2. The molecule has 2 aromatic carbocycles. The molecule has 0 amide bonds. The van der Waals surface area contributed by atoms with Gasteiger partial charge >= 0.3 is 0 Å². The van der Waals surface area contributed by atoms with Crippen LogP contribution in [0.5, 0.6) is 0 Å². The number of pyridine rings is 1. The fraction of sp³-hybridized carbons (Fsp3) is 0.333. The molecule has 2 aliphatic heterocycles. The molecule has 0 aliphatic carbocycles. The van der Waals surface area contributed by atoms with Gasteiger partial charge in [0.1, 0.15) is 5.60 Å². The van der Waals surface area contributed by atoms with Gasteiger partial charge < -0.3 is 4.74 Å². The second kappa shape index (κ2) is 8.94.